The molecule has 2 N–H and O–H groups in total. The van der Waals surface area contributed by atoms with E-state index in [9.17, 15) is 15.2 Å². The average molecular weight is 314 g/mol. The van der Waals surface area contributed by atoms with Gasteiger partial charge < -0.3 is 10.0 Å². The van der Waals surface area contributed by atoms with Crippen LogP contribution in [0.15, 0.2) is 0 Å². The van der Waals surface area contributed by atoms with Gasteiger partial charge >= 0.3 is 0 Å². The summed E-state index contributed by atoms with van der Waals surface area (Å²) in [7, 11) is 4.00. The maximum atomic E-state index is 11.2. The van der Waals surface area contributed by atoms with E-state index >= 15 is 0 Å². The molecule has 2 rings (SSSR count). The standard InChI is InChI=1S/C15H30N4O3/c1-14(2,17(3)4)15(20)8-5-9-18(11-15)12-6-7-13(16-10-12)19(21)22/h12-13,16,20H,5-11H2,1-4H3. The van der Waals surface area contributed by atoms with Gasteiger partial charge in [-0.2, -0.15) is 0 Å². The van der Waals surface area contributed by atoms with Gasteiger partial charge in [0.25, 0.3) is 6.17 Å². The number of aliphatic hydroxyl groups is 1. The van der Waals surface area contributed by atoms with Crippen molar-refractivity contribution in [2.75, 3.05) is 33.7 Å². The molecule has 128 valence electrons. The second-order valence-electron chi connectivity index (χ2n) is 7.50. The van der Waals surface area contributed by atoms with E-state index in [0.717, 1.165) is 25.8 Å². The SMILES string of the molecule is CN(C)C(C)(C)C1(O)CCCN(C2CCC([N+](=O)[O-])NC2)C1. The van der Waals surface area contributed by atoms with Crippen LogP contribution in [0.4, 0.5) is 0 Å². The molecular formula is C15H30N4O3. The number of hydrogen-bond donors (Lipinski definition) is 2. The molecule has 2 heterocycles. The topological polar surface area (TPSA) is 81.9 Å². The Labute approximate surface area is 132 Å². The van der Waals surface area contributed by atoms with Gasteiger partial charge in [0.2, 0.25) is 0 Å². The van der Waals surface area contributed by atoms with Crippen molar-refractivity contribution >= 4 is 0 Å². The first-order valence-corrected chi connectivity index (χ1v) is 8.18. The molecule has 2 saturated heterocycles. The number of rotatable bonds is 4. The van der Waals surface area contributed by atoms with Gasteiger partial charge in [0.05, 0.1) is 5.60 Å². The molecule has 3 unspecified atom stereocenters. The Morgan fingerprint density at radius 2 is 2.09 bits per heavy atom. The van der Waals surface area contributed by atoms with Crippen molar-refractivity contribution < 1.29 is 10.0 Å². The lowest BCUT2D eigenvalue weighted by Gasteiger charge is -2.53. The molecule has 0 amide bonds. The molecule has 22 heavy (non-hydrogen) atoms. The molecule has 3 atom stereocenters. The van der Waals surface area contributed by atoms with Crippen molar-refractivity contribution in [1.29, 1.82) is 0 Å². The minimum absolute atomic E-state index is 0.238. The van der Waals surface area contributed by atoms with Gasteiger partial charge in [0.1, 0.15) is 0 Å². The van der Waals surface area contributed by atoms with Crippen molar-refractivity contribution in [1.82, 2.24) is 15.1 Å². The van der Waals surface area contributed by atoms with Crippen LogP contribution in [0.3, 0.4) is 0 Å². The second kappa shape index (κ2) is 6.39. The van der Waals surface area contributed by atoms with Crippen LogP contribution in [0.25, 0.3) is 0 Å². The average Bonchev–Trinajstić information content (AvgIpc) is 2.47. The summed E-state index contributed by atoms with van der Waals surface area (Å²) < 4.78 is 0. The fourth-order valence-corrected chi connectivity index (χ4v) is 3.61. The first kappa shape index (κ1) is 17.6. The van der Waals surface area contributed by atoms with Crippen LogP contribution in [0, 0.1) is 10.1 Å². The maximum absolute atomic E-state index is 11.2. The Morgan fingerprint density at radius 3 is 2.59 bits per heavy atom. The predicted octanol–water partition coefficient (Wildman–Crippen LogP) is 0.508. The number of nitro groups is 1. The highest BCUT2D eigenvalue weighted by molar-refractivity contribution is 5.04. The number of likely N-dealkylation sites (N-methyl/N-ethyl adjacent to an activating group) is 1. The Morgan fingerprint density at radius 1 is 1.41 bits per heavy atom. The number of piperidine rings is 2. The zero-order valence-electron chi connectivity index (χ0n) is 14.2. The molecule has 0 aromatic rings. The molecule has 0 aliphatic carbocycles. The van der Waals surface area contributed by atoms with E-state index in [-0.39, 0.29) is 16.5 Å². The summed E-state index contributed by atoms with van der Waals surface area (Å²) in [5.41, 5.74) is -1.06. The van der Waals surface area contributed by atoms with Gasteiger partial charge in [-0.25, -0.2) is 0 Å². The van der Waals surface area contributed by atoms with Crippen molar-refractivity contribution in [2.45, 2.75) is 62.9 Å². The molecule has 0 saturated carbocycles. The van der Waals surface area contributed by atoms with E-state index < -0.39 is 11.8 Å². The van der Waals surface area contributed by atoms with E-state index in [2.05, 4.69) is 29.0 Å². The molecule has 0 aromatic carbocycles. The number of β-amino-alcohol motifs (C(OH)–C–C–N with tert-alkyl or cyclic N) is 1. The number of nitrogens with one attached hydrogen (secondary N) is 1. The van der Waals surface area contributed by atoms with Crippen LogP contribution < -0.4 is 5.32 Å². The zero-order chi connectivity index (χ0) is 16.5. The first-order valence-electron chi connectivity index (χ1n) is 8.18. The van der Waals surface area contributed by atoms with E-state index in [1.807, 2.05) is 14.1 Å². The lowest BCUT2D eigenvalue weighted by molar-refractivity contribution is -0.532. The smallest absolute Gasteiger partial charge is 0.266 e. The number of nitrogens with zero attached hydrogens (tertiary/aromatic N) is 3. The molecule has 2 aliphatic heterocycles. The van der Waals surface area contributed by atoms with Gasteiger partial charge in [-0.3, -0.25) is 20.3 Å². The fourth-order valence-electron chi connectivity index (χ4n) is 3.61. The molecule has 0 spiro atoms. The Bertz CT molecular complexity index is 408. The normalized spacial score (nSPS) is 34.8. The van der Waals surface area contributed by atoms with Gasteiger partial charge in [0.15, 0.2) is 0 Å². The van der Waals surface area contributed by atoms with Gasteiger partial charge in [-0.05, 0) is 53.8 Å². The molecule has 0 bridgehead atoms. The molecule has 0 radical (unpaired) electrons. The van der Waals surface area contributed by atoms with Crippen molar-refractivity contribution in [3.05, 3.63) is 10.1 Å². The summed E-state index contributed by atoms with van der Waals surface area (Å²) in [6, 6.07) is 0.279. The van der Waals surface area contributed by atoms with E-state index in [1.54, 1.807) is 0 Å². The number of likely N-dealkylation sites (tertiary alicyclic amines) is 1. The van der Waals surface area contributed by atoms with Crippen LogP contribution >= 0.6 is 0 Å². The summed E-state index contributed by atoms with van der Waals surface area (Å²) in [5, 5.41) is 25.1. The third-order valence-corrected chi connectivity index (χ3v) is 5.89. The van der Waals surface area contributed by atoms with Gasteiger partial charge in [-0.15, -0.1) is 0 Å². The van der Waals surface area contributed by atoms with Crippen LogP contribution in [0.5, 0.6) is 0 Å². The predicted molar refractivity (Wildman–Crippen MR) is 85.3 cm³/mol. The quantitative estimate of drug-likeness (QED) is 0.581. The van der Waals surface area contributed by atoms with E-state index in [0.29, 0.717) is 19.5 Å². The molecule has 0 aromatic heterocycles. The Kier molecular flexibility index (Phi) is 5.11. The largest absolute Gasteiger partial charge is 0.387 e. The summed E-state index contributed by atoms with van der Waals surface area (Å²) in [6.45, 7) is 6.38. The fraction of sp³-hybridized carbons (Fsp3) is 1.00. The molecular weight excluding hydrogens is 284 g/mol. The van der Waals surface area contributed by atoms with E-state index in [4.69, 9.17) is 0 Å². The van der Waals surface area contributed by atoms with Gasteiger partial charge in [-0.1, -0.05) is 0 Å². The van der Waals surface area contributed by atoms with Crippen LogP contribution in [0.2, 0.25) is 0 Å². The Balaban J connectivity index is 2.01. The molecule has 2 aliphatic rings. The third kappa shape index (κ3) is 3.27. The lowest BCUT2D eigenvalue weighted by Crippen LogP contribution is -2.67. The minimum atomic E-state index is -0.755. The van der Waals surface area contributed by atoms with Crippen molar-refractivity contribution in [3.63, 3.8) is 0 Å². The maximum Gasteiger partial charge on any atom is 0.266 e. The highest BCUT2D eigenvalue weighted by Crippen LogP contribution is 2.35. The van der Waals surface area contributed by atoms with Crippen molar-refractivity contribution in [3.8, 4) is 0 Å². The van der Waals surface area contributed by atoms with Crippen LogP contribution in [-0.2, 0) is 0 Å². The molecule has 7 heteroatoms. The number of hydrogen-bond acceptors (Lipinski definition) is 6. The summed E-state index contributed by atoms with van der Waals surface area (Å²) >= 11 is 0. The summed E-state index contributed by atoms with van der Waals surface area (Å²) in [6.07, 6.45) is 2.52. The van der Waals surface area contributed by atoms with Gasteiger partial charge in [0, 0.05) is 36.0 Å². The van der Waals surface area contributed by atoms with Crippen molar-refractivity contribution in [2.24, 2.45) is 0 Å². The van der Waals surface area contributed by atoms with E-state index in [1.165, 1.54) is 0 Å². The molecule has 7 nitrogen and oxygen atoms in total. The van der Waals surface area contributed by atoms with Crippen LogP contribution in [-0.4, -0.2) is 76.9 Å². The lowest BCUT2D eigenvalue weighted by atomic mass is 9.75. The zero-order valence-corrected chi connectivity index (χ0v) is 14.2. The highest BCUT2D eigenvalue weighted by Gasteiger charge is 2.48. The summed E-state index contributed by atoms with van der Waals surface area (Å²) in [4.78, 5) is 15.0. The van der Waals surface area contributed by atoms with Crippen LogP contribution in [0.1, 0.15) is 39.5 Å². The Hall–Kier alpha value is -0.760. The first-order chi connectivity index (χ1) is 10.2. The summed E-state index contributed by atoms with van der Waals surface area (Å²) in [5.74, 6) is 0. The highest BCUT2D eigenvalue weighted by atomic mass is 16.6. The minimum Gasteiger partial charge on any atom is -0.387 e. The second-order valence-corrected chi connectivity index (χ2v) is 7.50. The monoisotopic (exact) mass is 314 g/mol. The molecule has 2 fully saturated rings. The third-order valence-electron chi connectivity index (χ3n) is 5.89.